The van der Waals surface area contributed by atoms with E-state index in [2.05, 4.69) is 16.3 Å². The predicted molar refractivity (Wildman–Crippen MR) is 54.0 cm³/mol. The molecule has 4 heteroatoms. The molecule has 0 saturated heterocycles. The number of esters is 2. The van der Waals surface area contributed by atoms with Crippen molar-refractivity contribution >= 4 is 11.9 Å². The molecule has 0 spiro atoms. The van der Waals surface area contributed by atoms with Crippen LogP contribution >= 0.6 is 0 Å². The quantitative estimate of drug-likeness (QED) is 0.427. The van der Waals surface area contributed by atoms with E-state index in [1.807, 2.05) is 0 Å². The van der Waals surface area contributed by atoms with Gasteiger partial charge in [0.2, 0.25) is 0 Å². The molecule has 0 amide bonds. The van der Waals surface area contributed by atoms with Gasteiger partial charge in [-0.25, -0.2) is 4.79 Å². The van der Waals surface area contributed by atoms with Crippen LogP contribution in [-0.2, 0) is 9.53 Å². The number of rotatable bonds is 3. The number of carbonyl (C=O) groups excluding carboxylic acids is 2. The van der Waals surface area contributed by atoms with Crippen LogP contribution < -0.4 is 0 Å². The fourth-order valence-electron chi connectivity index (χ4n) is 0.823. The lowest BCUT2D eigenvalue weighted by atomic mass is 10.2. The number of aromatic nitrogens is 1. The predicted octanol–water partition coefficient (Wildman–Crippen LogP) is 1.59. The van der Waals surface area contributed by atoms with E-state index in [4.69, 9.17) is 0 Å². The van der Waals surface area contributed by atoms with Crippen LogP contribution in [-0.4, -0.2) is 16.9 Å². The van der Waals surface area contributed by atoms with Crippen molar-refractivity contribution in [3.05, 3.63) is 42.7 Å². The van der Waals surface area contributed by atoms with Crippen LogP contribution in [0.25, 0.3) is 0 Å². The summed E-state index contributed by atoms with van der Waals surface area (Å²) in [5.41, 5.74) is 0.252. The summed E-state index contributed by atoms with van der Waals surface area (Å²) in [5.74, 6) is -1.80. The summed E-state index contributed by atoms with van der Waals surface area (Å²) >= 11 is 0. The molecule has 0 N–H and O–H groups in total. The van der Waals surface area contributed by atoms with Crippen molar-refractivity contribution in [2.45, 2.75) is 6.92 Å². The summed E-state index contributed by atoms with van der Waals surface area (Å²) < 4.78 is 4.60. The van der Waals surface area contributed by atoms with Crippen LogP contribution in [0.15, 0.2) is 37.2 Å². The molecule has 1 aromatic heterocycles. The van der Waals surface area contributed by atoms with Gasteiger partial charge in [0, 0.05) is 12.4 Å². The van der Waals surface area contributed by atoms with Gasteiger partial charge in [-0.15, -0.1) is 6.58 Å². The van der Waals surface area contributed by atoms with Crippen molar-refractivity contribution in [1.29, 1.82) is 0 Å². The normalized spacial score (nSPS) is 11.5. The highest BCUT2D eigenvalue weighted by molar-refractivity contribution is 5.97. The molecule has 4 nitrogen and oxygen atoms in total. The highest BCUT2D eigenvalue weighted by Gasteiger charge is 2.16. The molecule has 15 heavy (non-hydrogen) atoms. The van der Waals surface area contributed by atoms with Crippen LogP contribution in [0.2, 0.25) is 0 Å². The lowest BCUT2D eigenvalue weighted by Gasteiger charge is -2.04. The van der Waals surface area contributed by atoms with Crippen LogP contribution in [0.4, 0.5) is 0 Å². The van der Waals surface area contributed by atoms with Gasteiger partial charge >= 0.3 is 11.9 Å². The number of ether oxygens (including phenoxy) is 1. The third-order valence-corrected chi connectivity index (χ3v) is 1.82. The summed E-state index contributed by atoms with van der Waals surface area (Å²) in [7, 11) is 0. The van der Waals surface area contributed by atoms with Crippen molar-refractivity contribution in [2.75, 3.05) is 0 Å². The van der Waals surface area contributed by atoms with E-state index in [-0.39, 0.29) is 5.56 Å². The summed E-state index contributed by atoms with van der Waals surface area (Å²) in [6, 6.07) is 3.12. The Morgan fingerprint density at radius 2 is 2.33 bits per heavy atom. The Morgan fingerprint density at radius 1 is 1.60 bits per heavy atom. The molecule has 1 atom stereocenters. The summed E-state index contributed by atoms with van der Waals surface area (Å²) in [6.45, 7) is 5.04. The van der Waals surface area contributed by atoms with Crippen molar-refractivity contribution in [3.8, 4) is 0 Å². The maximum Gasteiger partial charge on any atom is 0.347 e. The Labute approximate surface area is 87.6 Å². The molecule has 0 radical (unpaired) electrons. The standard InChI is InChI=1S/C11H11NO3/c1-3-8(2)10(13)15-11(14)9-5-4-6-12-7-9/h3-8H,1H2,2H3. The second kappa shape index (κ2) is 5.05. The van der Waals surface area contributed by atoms with Gasteiger partial charge in [0.15, 0.2) is 0 Å². The Balaban J connectivity index is 2.65. The molecular formula is C11H11NO3. The summed E-state index contributed by atoms with van der Waals surface area (Å²) in [5, 5.41) is 0. The third kappa shape index (κ3) is 3.02. The molecule has 1 unspecified atom stereocenters. The second-order valence-electron chi connectivity index (χ2n) is 2.97. The molecule has 1 heterocycles. The highest BCUT2D eigenvalue weighted by Crippen LogP contribution is 2.04. The minimum atomic E-state index is -0.693. The first-order valence-electron chi connectivity index (χ1n) is 4.43. The van der Waals surface area contributed by atoms with Crippen molar-refractivity contribution in [3.63, 3.8) is 0 Å². The first-order chi connectivity index (χ1) is 7.15. The lowest BCUT2D eigenvalue weighted by Crippen LogP contribution is -2.17. The third-order valence-electron chi connectivity index (χ3n) is 1.82. The first-order valence-corrected chi connectivity index (χ1v) is 4.43. The zero-order valence-corrected chi connectivity index (χ0v) is 8.34. The second-order valence-corrected chi connectivity index (χ2v) is 2.97. The van der Waals surface area contributed by atoms with E-state index in [0.29, 0.717) is 0 Å². The molecule has 1 aromatic rings. The average molecular weight is 205 g/mol. The highest BCUT2D eigenvalue weighted by atomic mass is 16.6. The Morgan fingerprint density at radius 3 is 2.87 bits per heavy atom. The van der Waals surface area contributed by atoms with Crippen LogP contribution in [0.1, 0.15) is 17.3 Å². The maximum atomic E-state index is 11.4. The lowest BCUT2D eigenvalue weighted by molar-refractivity contribution is -0.140. The maximum absolute atomic E-state index is 11.4. The summed E-state index contributed by atoms with van der Waals surface area (Å²) in [4.78, 5) is 26.3. The van der Waals surface area contributed by atoms with Gasteiger partial charge in [-0.2, -0.15) is 0 Å². The van der Waals surface area contributed by atoms with Gasteiger partial charge in [0.25, 0.3) is 0 Å². The number of hydrogen-bond acceptors (Lipinski definition) is 4. The van der Waals surface area contributed by atoms with Gasteiger partial charge in [-0.1, -0.05) is 6.08 Å². The van der Waals surface area contributed by atoms with Gasteiger partial charge in [-0.3, -0.25) is 9.78 Å². The van der Waals surface area contributed by atoms with Crippen molar-refractivity contribution in [2.24, 2.45) is 5.92 Å². The molecule has 0 aliphatic heterocycles. The van der Waals surface area contributed by atoms with E-state index in [9.17, 15) is 9.59 Å². The number of nitrogens with zero attached hydrogens (tertiary/aromatic N) is 1. The fourth-order valence-corrected chi connectivity index (χ4v) is 0.823. The van der Waals surface area contributed by atoms with Crippen LogP contribution in [0.5, 0.6) is 0 Å². The monoisotopic (exact) mass is 205 g/mol. The molecule has 0 aliphatic rings. The average Bonchev–Trinajstić information content (AvgIpc) is 2.29. The smallest absolute Gasteiger partial charge is 0.347 e. The molecule has 1 rings (SSSR count). The first kappa shape index (κ1) is 11.1. The molecule has 0 bridgehead atoms. The number of hydrogen-bond donors (Lipinski definition) is 0. The Bertz CT molecular complexity index is 373. The van der Waals surface area contributed by atoms with E-state index >= 15 is 0 Å². The van der Waals surface area contributed by atoms with E-state index in [0.717, 1.165) is 0 Å². The van der Waals surface area contributed by atoms with Gasteiger partial charge in [-0.05, 0) is 19.1 Å². The molecule has 0 fully saturated rings. The van der Waals surface area contributed by atoms with Gasteiger partial charge in [0.1, 0.15) is 0 Å². The van der Waals surface area contributed by atoms with Crippen LogP contribution in [0.3, 0.4) is 0 Å². The Kier molecular flexibility index (Phi) is 3.74. The molecule has 0 saturated carbocycles. The topological polar surface area (TPSA) is 56.3 Å². The zero-order valence-electron chi connectivity index (χ0n) is 8.34. The van der Waals surface area contributed by atoms with Crippen LogP contribution in [0, 0.1) is 5.92 Å². The minimum absolute atomic E-state index is 0.252. The number of carbonyl (C=O) groups is 2. The summed E-state index contributed by atoms with van der Waals surface area (Å²) in [6.07, 6.45) is 4.29. The van der Waals surface area contributed by atoms with Gasteiger partial charge in [0.05, 0.1) is 11.5 Å². The van der Waals surface area contributed by atoms with E-state index in [1.54, 1.807) is 13.0 Å². The number of pyridine rings is 1. The van der Waals surface area contributed by atoms with Gasteiger partial charge < -0.3 is 4.74 Å². The minimum Gasteiger partial charge on any atom is -0.389 e. The Hall–Kier alpha value is -1.97. The molecule has 0 aliphatic carbocycles. The van der Waals surface area contributed by atoms with Crippen molar-refractivity contribution in [1.82, 2.24) is 4.98 Å². The largest absolute Gasteiger partial charge is 0.389 e. The molecule has 0 aromatic carbocycles. The SMILES string of the molecule is C=CC(C)C(=O)OC(=O)c1cccnc1. The molecular weight excluding hydrogens is 194 g/mol. The zero-order chi connectivity index (χ0) is 11.3. The van der Waals surface area contributed by atoms with Crippen molar-refractivity contribution < 1.29 is 14.3 Å². The molecule has 78 valence electrons. The van der Waals surface area contributed by atoms with E-state index < -0.39 is 17.9 Å². The van der Waals surface area contributed by atoms with E-state index in [1.165, 1.54) is 24.5 Å². The fraction of sp³-hybridized carbons (Fsp3) is 0.182.